The van der Waals surface area contributed by atoms with E-state index in [1.165, 1.54) is 60.0 Å². The standard InChI is InChI=1S/C57H41N3/c1-40-27-31-45(32-28-40)58(54-26-14-16-41-15-8-9-21-49(41)54)46-33-29-42(30-34-46)48-36-38-56(51-23-11-10-22-50(48)51)59(43-17-4-2-5-18-43)47-35-37-57-53(39-47)52-24-12-13-25-55(52)60(57)44-19-6-3-7-20-44/h2-39H,1H3. The van der Waals surface area contributed by atoms with Gasteiger partial charge in [-0.05, 0) is 114 Å². The third-order valence-electron chi connectivity index (χ3n) is 11.8. The Kier molecular flexibility index (Phi) is 8.71. The van der Waals surface area contributed by atoms with Crippen molar-refractivity contribution in [2.45, 2.75) is 6.92 Å². The van der Waals surface area contributed by atoms with Crippen molar-refractivity contribution in [1.29, 1.82) is 0 Å². The van der Waals surface area contributed by atoms with Crippen LogP contribution in [0.1, 0.15) is 5.56 Å². The zero-order valence-electron chi connectivity index (χ0n) is 33.3. The number of aromatic nitrogens is 1. The number of rotatable bonds is 8. The van der Waals surface area contributed by atoms with Gasteiger partial charge in [0, 0.05) is 50.0 Å². The highest BCUT2D eigenvalue weighted by molar-refractivity contribution is 6.12. The molecular weight excluding hydrogens is 727 g/mol. The van der Waals surface area contributed by atoms with Crippen molar-refractivity contribution in [2.75, 3.05) is 9.80 Å². The van der Waals surface area contributed by atoms with Gasteiger partial charge in [0.25, 0.3) is 0 Å². The Morgan fingerprint density at radius 3 is 1.63 bits per heavy atom. The molecule has 0 amide bonds. The fourth-order valence-electron chi connectivity index (χ4n) is 9.00. The molecule has 10 aromatic carbocycles. The van der Waals surface area contributed by atoms with Crippen molar-refractivity contribution >= 4 is 77.5 Å². The lowest BCUT2D eigenvalue weighted by Crippen LogP contribution is -2.11. The Morgan fingerprint density at radius 2 is 0.867 bits per heavy atom. The Hall–Kier alpha value is -7.88. The number of aryl methyl sites for hydroxylation is 1. The monoisotopic (exact) mass is 767 g/mol. The first-order valence-electron chi connectivity index (χ1n) is 20.6. The van der Waals surface area contributed by atoms with Crippen molar-refractivity contribution < 1.29 is 0 Å². The second-order valence-corrected chi connectivity index (χ2v) is 15.5. The normalized spacial score (nSPS) is 11.4. The molecule has 0 atom stereocenters. The molecule has 3 heteroatoms. The number of hydrogen-bond acceptors (Lipinski definition) is 2. The first-order chi connectivity index (χ1) is 29.7. The Labute approximate surface area is 350 Å². The van der Waals surface area contributed by atoms with Crippen LogP contribution in [-0.2, 0) is 0 Å². The summed E-state index contributed by atoms with van der Waals surface area (Å²) in [5, 5.41) is 7.28. The van der Waals surface area contributed by atoms with E-state index in [1.807, 2.05) is 0 Å². The minimum atomic E-state index is 1.11. The molecule has 1 aromatic heterocycles. The molecular formula is C57H41N3. The molecule has 0 fully saturated rings. The summed E-state index contributed by atoms with van der Waals surface area (Å²) in [7, 11) is 0. The van der Waals surface area contributed by atoms with Crippen LogP contribution in [0.15, 0.2) is 231 Å². The van der Waals surface area contributed by atoms with Gasteiger partial charge in [0.2, 0.25) is 0 Å². The minimum absolute atomic E-state index is 1.11. The highest BCUT2D eigenvalue weighted by atomic mass is 15.1. The molecule has 0 N–H and O–H groups in total. The third-order valence-corrected chi connectivity index (χ3v) is 11.8. The van der Waals surface area contributed by atoms with E-state index in [0.717, 1.165) is 39.8 Å². The van der Waals surface area contributed by atoms with Gasteiger partial charge in [-0.2, -0.15) is 0 Å². The van der Waals surface area contributed by atoms with Crippen molar-refractivity contribution in [2.24, 2.45) is 0 Å². The molecule has 0 radical (unpaired) electrons. The number of anilines is 6. The summed E-state index contributed by atoms with van der Waals surface area (Å²) in [6.07, 6.45) is 0. The van der Waals surface area contributed by atoms with E-state index in [9.17, 15) is 0 Å². The molecule has 11 aromatic rings. The van der Waals surface area contributed by atoms with Gasteiger partial charge in [-0.25, -0.2) is 0 Å². The van der Waals surface area contributed by atoms with Crippen LogP contribution < -0.4 is 9.80 Å². The van der Waals surface area contributed by atoms with Crippen LogP contribution in [-0.4, -0.2) is 4.57 Å². The van der Waals surface area contributed by atoms with E-state index >= 15 is 0 Å². The maximum atomic E-state index is 2.41. The summed E-state index contributed by atoms with van der Waals surface area (Å²) in [5.41, 5.74) is 13.9. The predicted octanol–water partition coefficient (Wildman–Crippen LogP) is 16.0. The second kappa shape index (κ2) is 14.8. The first kappa shape index (κ1) is 35.3. The molecule has 0 aliphatic rings. The average molecular weight is 768 g/mol. The van der Waals surface area contributed by atoms with Crippen LogP contribution in [0.2, 0.25) is 0 Å². The SMILES string of the molecule is Cc1ccc(N(c2ccc(-c3ccc(N(c4ccccc4)c4ccc5c(c4)c4ccccc4n5-c4ccccc4)c4ccccc34)cc2)c2cccc3ccccc23)cc1. The van der Waals surface area contributed by atoms with Crippen molar-refractivity contribution in [3.05, 3.63) is 236 Å². The van der Waals surface area contributed by atoms with Crippen LogP contribution in [0.5, 0.6) is 0 Å². The van der Waals surface area contributed by atoms with Crippen molar-refractivity contribution in [1.82, 2.24) is 4.57 Å². The lowest BCUT2D eigenvalue weighted by Gasteiger charge is -2.28. The molecule has 11 rings (SSSR count). The molecule has 0 bridgehead atoms. The first-order valence-corrected chi connectivity index (χ1v) is 20.6. The molecule has 0 aliphatic carbocycles. The summed E-state index contributed by atoms with van der Waals surface area (Å²) in [6.45, 7) is 2.14. The fourth-order valence-corrected chi connectivity index (χ4v) is 9.00. The molecule has 0 saturated carbocycles. The maximum absolute atomic E-state index is 2.41. The summed E-state index contributed by atoms with van der Waals surface area (Å²) < 4.78 is 2.37. The van der Waals surface area contributed by atoms with Gasteiger partial charge >= 0.3 is 0 Å². The largest absolute Gasteiger partial charge is 0.310 e. The van der Waals surface area contributed by atoms with Crippen LogP contribution >= 0.6 is 0 Å². The van der Waals surface area contributed by atoms with Crippen LogP contribution in [0.3, 0.4) is 0 Å². The summed E-state index contributed by atoms with van der Waals surface area (Å²) in [4.78, 5) is 4.78. The zero-order chi connectivity index (χ0) is 40.0. The van der Waals surface area contributed by atoms with E-state index < -0.39 is 0 Å². The Balaban J connectivity index is 1.04. The Morgan fingerprint density at radius 1 is 0.333 bits per heavy atom. The molecule has 0 unspecified atom stereocenters. The van der Waals surface area contributed by atoms with Gasteiger partial charge in [0.15, 0.2) is 0 Å². The van der Waals surface area contributed by atoms with Gasteiger partial charge in [-0.3, -0.25) is 0 Å². The molecule has 1 heterocycles. The van der Waals surface area contributed by atoms with Gasteiger partial charge in [-0.15, -0.1) is 0 Å². The van der Waals surface area contributed by atoms with E-state index in [0.29, 0.717) is 0 Å². The molecule has 60 heavy (non-hydrogen) atoms. The number of hydrogen-bond donors (Lipinski definition) is 0. The van der Waals surface area contributed by atoms with Gasteiger partial charge in [-0.1, -0.05) is 151 Å². The quantitative estimate of drug-likeness (QED) is 0.153. The van der Waals surface area contributed by atoms with E-state index in [4.69, 9.17) is 0 Å². The van der Waals surface area contributed by atoms with Gasteiger partial charge in [0.1, 0.15) is 0 Å². The second-order valence-electron chi connectivity index (χ2n) is 15.5. The predicted molar refractivity (Wildman–Crippen MR) is 255 cm³/mol. The highest BCUT2D eigenvalue weighted by Crippen LogP contribution is 2.45. The maximum Gasteiger partial charge on any atom is 0.0542 e. The average Bonchev–Trinajstić information content (AvgIpc) is 3.64. The lowest BCUT2D eigenvalue weighted by molar-refractivity contribution is 1.18. The number of nitrogens with zero attached hydrogens (tertiary/aromatic N) is 3. The zero-order valence-corrected chi connectivity index (χ0v) is 33.3. The number of fused-ring (bicyclic) bond motifs is 5. The molecule has 3 nitrogen and oxygen atoms in total. The summed E-state index contributed by atoms with van der Waals surface area (Å²) >= 11 is 0. The van der Waals surface area contributed by atoms with Crippen LogP contribution in [0, 0.1) is 6.92 Å². The smallest absolute Gasteiger partial charge is 0.0542 e. The van der Waals surface area contributed by atoms with Gasteiger partial charge in [0.05, 0.1) is 22.4 Å². The van der Waals surface area contributed by atoms with Crippen molar-refractivity contribution in [3.8, 4) is 16.8 Å². The minimum Gasteiger partial charge on any atom is -0.310 e. The van der Waals surface area contributed by atoms with Crippen LogP contribution in [0.25, 0.3) is 60.2 Å². The van der Waals surface area contributed by atoms with Crippen LogP contribution in [0.4, 0.5) is 34.1 Å². The number of para-hydroxylation sites is 3. The van der Waals surface area contributed by atoms with E-state index in [1.54, 1.807) is 0 Å². The van der Waals surface area contributed by atoms with E-state index in [2.05, 4.69) is 252 Å². The summed E-state index contributed by atoms with van der Waals surface area (Å²) in [5.74, 6) is 0. The lowest BCUT2D eigenvalue weighted by atomic mass is 9.96. The topological polar surface area (TPSA) is 11.4 Å². The molecule has 0 saturated heterocycles. The molecule has 0 aliphatic heterocycles. The highest BCUT2D eigenvalue weighted by Gasteiger charge is 2.21. The van der Waals surface area contributed by atoms with E-state index in [-0.39, 0.29) is 0 Å². The van der Waals surface area contributed by atoms with Gasteiger partial charge < -0.3 is 14.4 Å². The third kappa shape index (κ3) is 6.07. The molecule has 0 spiro atoms. The summed E-state index contributed by atoms with van der Waals surface area (Å²) in [6, 6.07) is 83.5. The molecule has 284 valence electrons. The fraction of sp³-hybridized carbons (Fsp3) is 0.0175. The van der Waals surface area contributed by atoms with Crippen molar-refractivity contribution in [3.63, 3.8) is 0 Å². The number of benzene rings is 10. The Bertz CT molecular complexity index is 3310.